The number of primary amides is 1. The number of amides is 5. The minimum absolute atomic E-state index is 0.0565. The van der Waals surface area contributed by atoms with Crippen molar-refractivity contribution < 1.29 is 32.8 Å². The summed E-state index contributed by atoms with van der Waals surface area (Å²) in [4.78, 5) is 66.0. The van der Waals surface area contributed by atoms with Gasteiger partial charge in [0.2, 0.25) is 29.5 Å². The molecule has 64 heavy (non-hydrogen) atoms. The first kappa shape index (κ1) is 42.4. The lowest BCUT2D eigenvalue weighted by Gasteiger charge is -2.34. The fraction of sp³-hybridized carbons (Fsp3) is 0.300. The molecule has 14 heteroatoms. The molecule has 4 aliphatic heterocycles. The maximum atomic E-state index is 17.0. The molecule has 0 aliphatic carbocycles. The topological polar surface area (TPSA) is 157 Å². The van der Waals surface area contributed by atoms with Gasteiger partial charge in [0.15, 0.2) is 0 Å². The molecule has 0 bridgehead atoms. The van der Waals surface area contributed by atoms with Gasteiger partial charge in [-0.25, -0.2) is 14.2 Å². The number of halogens is 2. The van der Waals surface area contributed by atoms with E-state index in [1.807, 2.05) is 18.2 Å². The second kappa shape index (κ2) is 17.7. The number of nitrogens with one attached hydrogen (secondary N) is 3. The first-order chi connectivity index (χ1) is 30.9. The molecule has 4 heterocycles. The molecule has 0 radical (unpaired) electrons. The van der Waals surface area contributed by atoms with Crippen LogP contribution in [0, 0.1) is 11.6 Å². The van der Waals surface area contributed by atoms with E-state index in [1.165, 1.54) is 17.7 Å². The van der Waals surface area contributed by atoms with Crippen molar-refractivity contribution in [3.63, 3.8) is 0 Å². The largest absolute Gasteiger partial charge is 0.369 e. The second-order valence-corrected chi connectivity index (χ2v) is 17.1. The summed E-state index contributed by atoms with van der Waals surface area (Å²) in [5, 5.41) is 6.76. The molecular formula is C50H49F2N7O5. The number of carbonyl (C=O) groups excluding carboxylic acids is 5. The van der Waals surface area contributed by atoms with Crippen LogP contribution in [0.25, 0.3) is 11.1 Å². The van der Waals surface area contributed by atoms with Crippen molar-refractivity contribution >= 4 is 52.3 Å². The fourth-order valence-electron chi connectivity index (χ4n) is 9.68. The molecule has 3 saturated heterocycles. The van der Waals surface area contributed by atoms with E-state index in [0.717, 1.165) is 36.1 Å². The van der Waals surface area contributed by atoms with Crippen molar-refractivity contribution in [1.29, 1.82) is 0 Å². The van der Waals surface area contributed by atoms with E-state index in [2.05, 4.69) is 45.2 Å². The summed E-state index contributed by atoms with van der Waals surface area (Å²) in [6, 6.07) is 28.0. The van der Waals surface area contributed by atoms with Gasteiger partial charge in [-0.3, -0.25) is 29.3 Å². The Hall–Kier alpha value is -6.93. The summed E-state index contributed by atoms with van der Waals surface area (Å²) in [6.45, 7) is 1.98. The molecule has 5 aromatic carbocycles. The van der Waals surface area contributed by atoms with Crippen LogP contribution in [-0.2, 0) is 32.0 Å². The Bertz CT molecular complexity index is 2680. The van der Waals surface area contributed by atoms with Crippen molar-refractivity contribution in [3.05, 3.63) is 142 Å². The Morgan fingerprint density at radius 2 is 1.55 bits per heavy atom. The smallest absolute Gasteiger partial charge is 0.248 e. The molecule has 0 spiro atoms. The van der Waals surface area contributed by atoms with Crippen molar-refractivity contribution in [3.8, 4) is 11.1 Å². The van der Waals surface area contributed by atoms with E-state index in [1.54, 1.807) is 59.4 Å². The zero-order chi connectivity index (χ0) is 44.6. The maximum absolute atomic E-state index is 17.0. The van der Waals surface area contributed by atoms with Crippen molar-refractivity contribution in [2.24, 2.45) is 5.73 Å². The summed E-state index contributed by atoms with van der Waals surface area (Å²) in [5.41, 5.74) is 15.9. The zero-order valence-electron chi connectivity index (χ0n) is 35.5. The summed E-state index contributed by atoms with van der Waals surface area (Å²) in [5.74, 6) is -2.89. The minimum Gasteiger partial charge on any atom is -0.369 e. The molecule has 328 valence electrons. The molecule has 0 aromatic heterocycles. The molecule has 5 amide bonds. The average Bonchev–Trinajstić information content (AvgIpc) is 3.88. The van der Waals surface area contributed by atoms with Gasteiger partial charge in [-0.05, 0) is 127 Å². The van der Waals surface area contributed by atoms with Crippen LogP contribution in [0.2, 0.25) is 0 Å². The van der Waals surface area contributed by atoms with Crippen LogP contribution in [0.15, 0.2) is 97.1 Å². The Balaban J connectivity index is 0.902. The first-order valence-electron chi connectivity index (χ1n) is 21.9. The quantitative estimate of drug-likeness (QED) is 0.102. The molecule has 0 saturated carbocycles. The molecule has 3 fully saturated rings. The maximum Gasteiger partial charge on any atom is 0.248 e. The van der Waals surface area contributed by atoms with Gasteiger partial charge in [0.1, 0.15) is 17.7 Å². The summed E-state index contributed by atoms with van der Waals surface area (Å²) < 4.78 is 32.4. The number of imide groups is 1. The van der Waals surface area contributed by atoms with Gasteiger partial charge in [0, 0.05) is 67.6 Å². The Kier molecular flexibility index (Phi) is 11.7. The Labute approximate surface area is 369 Å². The molecule has 2 atom stereocenters. The lowest BCUT2D eigenvalue weighted by atomic mass is 9.87. The molecule has 12 nitrogen and oxygen atoms in total. The fourth-order valence-corrected chi connectivity index (χ4v) is 9.68. The molecule has 9 rings (SSSR count). The minimum atomic E-state index is -1.06. The van der Waals surface area contributed by atoms with Crippen LogP contribution in [-0.4, -0.2) is 56.2 Å². The predicted molar refractivity (Wildman–Crippen MR) is 241 cm³/mol. The van der Waals surface area contributed by atoms with Crippen LogP contribution < -0.4 is 36.6 Å². The number of benzene rings is 5. The standard InChI is InChI=1S/C50H49F2N7O5/c1-57-42-19-16-39(46(52)45(42)47(56-57)50(64)54-35-5-2-4-34(26-35)48(53)62)37-15-14-36(59-23-3-6-44(59)61)27-32(37)12-9-29-7-10-30(11-8-29)31-21-24-58(25-22-31)41-18-13-33(28-40(41)51)38-17-20-43(60)55-49(38)63/h2,4-5,7-8,10-11,13-16,18-19,26-28,31,38,47,56H,3,6,9,12,17,20-25H2,1H3,(H2,53,62)(H,54,64)(H,55,60,63). The molecule has 5 aromatic rings. The van der Waals surface area contributed by atoms with E-state index < -0.39 is 29.6 Å². The number of fused-ring (bicyclic) bond motifs is 1. The van der Waals surface area contributed by atoms with Gasteiger partial charge >= 0.3 is 0 Å². The van der Waals surface area contributed by atoms with Gasteiger partial charge in [-0.1, -0.05) is 42.5 Å². The van der Waals surface area contributed by atoms with Gasteiger partial charge in [-0.2, -0.15) is 0 Å². The second-order valence-electron chi connectivity index (χ2n) is 17.1. The number of nitrogens with zero attached hydrogens (tertiary/aromatic N) is 3. The normalized spacial score (nSPS) is 18.9. The molecular weight excluding hydrogens is 817 g/mol. The highest BCUT2D eigenvalue weighted by atomic mass is 19.1. The molecule has 2 unspecified atom stereocenters. The van der Waals surface area contributed by atoms with Gasteiger partial charge in [0.05, 0.1) is 17.3 Å². The lowest BCUT2D eigenvalue weighted by molar-refractivity contribution is -0.134. The number of hydrogen-bond acceptors (Lipinski definition) is 8. The first-order valence-corrected chi connectivity index (χ1v) is 21.9. The SMILES string of the molecule is CN1NC(C(=O)Nc2cccc(C(N)=O)c2)c2c1ccc(-c1ccc(N3CCCC3=O)cc1CCc1ccc(C3CCN(c4ccc(C5CCC(=O)NC5=O)cc4F)CC3)cc1)c2F. The van der Waals surface area contributed by atoms with E-state index >= 15 is 8.78 Å². The number of anilines is 4. The average molecular weight is 866 g/mol. The van der Waals surface area contributed by atoms with Crippen molar-refractivity contribution in [2.75, 3.05) is 46.8 Å². The van der Waals surface area contributed by atoms with Crippen molar-refractivity contribution in [1.82, 2.24) is 10.7 Å². The third-order valence-electron chi connectivity index (χ3n) is 13.2. The highest BCUT2D eigenvalue weighted by Gasteiger charge is 2.37. The molecule has 5 N–H and O–H groups in total. The van der Waals surface area contributed by atoms with E-state index in [-0.39, 0.29) is 41.1 Å². The summed E-state index contributed by atoms with van der Waals surface area (Å²) in [7, 11) is 1.72. The van der Waals surface area contributed by atoms with E-state index in [0.29, 0.717) is 85.0 Å². The number of hydrazine groups is 1. The van der Waals surface area contributed by atoms with Crippen LogP contribution >= 0.6 is 0 Å². The summed E-state index contributed by atoms with van der Waals surface area (Å²) >= 11 is 0. The highest BCUT2D eigenvalue weighted by molar-refractivity contribution is 6.01. The number of piperidine rings is 2. The monoisotopic (exact) mass is 865 g/mol. The van der Waals surface area contributed by atoms with Crippen LogP contribution in [0.4, 0.5) is 31.5 Å². The number of carbonyl (C=O) groups is 5. The number of aryl methyl sites for hydroxylation is 2. The number of nitrogens with two attached hydrogens (primary N) is 1. The van der Waals surface area contributed by atoms with E-state index in [9.17, 15) is 24.0 Å². The van der Waals surface area contributed by atoms with Gasteiger partial charge in [0.25, 0.3) is 0 Å². The van der Waals surface area contributed by atoms with E-state index in [4.69, 9.17) is 5.73 Å². The van der Waals surface area contributed by atoms with Crippen molar-refractivity contribution in [2.45, 2.75) is 69.2 Å². The Morgan fingerprint density at radius 1 is 0.797 bits per heavy atom. The van der Waals surface area contributed by atoms with Crippen LogP contribution in [0.1, 0.15) is 94.6 Å². The third kappa shape index (κ3) is 8.45. The predicted octanol–water partition coefficient (Wildman–Crippen LogP) is 7.18. The summed E-state index contributed by atoms with van der Waals surface area (Å²) in [6.07, 6.45) is 4.78. The van der Waals surface area contributed by atoms with Crippen LogP contribution in [0.3, 0.4) is 0 Å². The van der Waals surface area contributed by atoms with Gasteiger partial charge < -0.3 is 25.9 Å². The Morgan fingerprint density at radius 3 is 2.27 bits per heavy atom. The third-order valence-corrected chi connectivity index (χ3v) is 13.2. The highest BCUT2D eigenvalue weighted by Crippen LogP contribution is 2.41. The number of rotatable bonds is 11. The molecule has 4 aliphatic rings. The lowest BCUT2D eigenvalue weighted by Crippen LogP contribution is -2.39. The number of hydrogen-bond donors (Lipinski definition) is 4. The van der Waals surface area contributed by atoms with Gasteiger partial charge in [-0.15, -0.1) is 0 Å². The zero-order valence-corrected chi connectivity index (χ0v) is 35.5. The van der Waals surface area contributed by atoms with Crippen LogP contribution in [0.5, 0.6) is 0 Å².